The van der Waals surface area contributed by atoms with Gasteiger partial charge in [-0.1, -0.05) is 21.1 Å². The number of carbonyl (C=O) groups is 2. The highest BCUT2D eigenvalue weighted by atomic mass is 79.9. The van der Waals surface area contributed by atoms with E-state index in [1.54, 1.807) is 4.90 Å². The topological polar surface area (TPSA) is 75.4 Å². The van der Waals surface area contributed by atoms with Gasteiger partial charge in [-0.05, 0) is 62.8 Å². The molecule has 0 bridgehead atoms. The molecule has 4 rings (SSSR count). The molecule has 1 unspecified atom stereocenters. The van der Waals surface area contributed by atoms with Crippen LogP contribution in [0.1, 0.15) is 46.6 Å². The summed E-state index contributed by atoms with van der Waals surface area (Å²) in [5, 5.41) is 6.85. The van der Waals surface area contributed by atoms with E-state index in [0.717, 1.165) is 52.7 Å². The molecular weight excluding hydrogens is 398 g/mol. The van der Waals surface area contributed by atoms with Crippen LogP contribution in [-0.4, -0.2) is 29.6 Å². The van der Waals surface area contributed by atoms with E-state index in [1.165, 1.54) is 0 Å². The fourth-order valence-corrected chi connectivity index (χ4v) is 3.91. The minimum atomic E-state index is -0.532. The Morgan fingerprint density at radius 2 is 2.15 bits per heavy atom. The molecule has 1 saturated heterocycles. The van der Waals surface area contributed by atoms with Crippen LogP contribution in [0.2, 0.25) is 0 Å². The molecule has 2 aromatic rings. The fraction of sp³-hybridized carbons (Fsp3) is 0.421. The van der Waals surface area contributed by atoms with Crippen LogP contribution in [0.4, 0.5) is 5.69 Å². The van der Waals surface area contributed by atoms with Gasteiger partial charge in [0.2, 0.25) is 11.7 Å². The van der Waals surface area contributed by atoms with Crippen molar-refractivity contribution in [3.63, 3.8) is 0 Å². The monoisotopic (exact) mass is 417 g/mol. The number of fused-ring (bicyclic) bond motifs is 1. The highest BCUT2D eigenvalue weighted by molar-refractivity contribution is 9.10. The first-order valence-corrected chi connectivity index (χ1v) is 9.69. The summed E-state index contributed by atoms with van der Waals surface area (Å²) in [6, 6.07) is 5.28. The van der Waals surface area contributed by atoms with Crippen molar-refractivity contribution in [1.82, 2.24) is 10.5 Å². The van der Waals surface area contributed by atoms with Crippen LogP contribution >= 0.6 is 15.9 Å². The third-order valence-corrected chi connectivity index (χ3v) is 6.02. The first-order valence-electron chi connectivity index (χ1n) is 8.90. The predicted molar refractivity (Wildman–Crippen MR) is 100 cm³/mol. The molecule has 7 heteroatoms. The highest BCUT2D eigenvalue weighted by Crippen LogP contribution is 2.27. The Balaban J connectivity index is 1.48. The summed E-state index contributed by atoms with van der Waals surface area (Å²) in [5.41, 5.74) is 3.70. The fourth-order valence-electron chi connectivity index (χ4n) is 3.66. The van der Waals surface area contributed by atoms with Crippen LogP contribution in [0.25, 0.3) is 0 Å². The lowest BCUT2D eigenvalue weighted by molar-refractivity contribution is -0.118. The lowest BCUT2D eigenvalue weighted by atomic mass is 9.96. The second-order valence-electron chi connectivity index (χ2n) is 6.88. The third-order valence-electron chi connectivity index (χ3n) is 5.13. The van der Waals surface area contributed by atoms with Crippen molar-refractivity contribution in [3.05, 3.63) is 45.3 Å². The predicted octanol–water partition coefficient (Wildman–Crippen LogP) is 3.16. The normalized spacial score (nSPS) is 19.5. The van der Waals surface area contributed by atoms with Crippen molar-refractivity contribution in [2.24, 2.45) is 0 Å². The van der Waals surface area contributed by atoms with E-state index in [1.807, 2.05) is 25.1 Å². The van der Waals surface area contributed by atoms with Gasteiger partial charge in [-0.15, -0.1) is 0 Å². The van der Waals surface area contributed by atoms with E-state index in [-0.39, 0.29) is 17.6 Å². The Hall–Kier alpha value is -2.15. The average Bonchev–Trinajstić information content (AvgIpc) is 3.22. The van der Waals surface area contributed by atoms with E-state index in [2.05, 4.69) is 26.4 Å². The van der Waals surface area contributed by atoms with Crippen LogP contribution < -0.4 is 10.2 Å². The zero-order valence-corrected chi connectivity index (χ0v) is 16.1. The largest absolute Gasteiger partial charge is 0.350 e. The number of rotatable bonds is 3. The Morgan fingerprint density at radius 1 is 1.35 bits per heavy atom. The van der Waals surface area contributed by atoms with Crippen LogP contribution in [0.3, 0.4) is 0 Å². The Morgan fingerprint density at radius 3 is 2.96 bits per heavy atom. The van der Waals surface area contributed by atoms with Gasteiger partial charge in [-0.25, -0.2) is 0 Å². The molecule has 1 aliphatic heterocycles. The molecule has 0 spiro atoms. The number of benzene rings is 1. The minimum Gasteiger partial charge on any atom is -0.350 e. The van der Waals surface area contributed by atoms with E-state index < -0.39 is 6.04 Å². The van der Waals surface area contributed by atoms with Gasteiger partial charge >= 0.3 is 0 Å². The molecule has 0 radical (unpaired) electrons. The number of halogens is 1. The van der Waals surface area contributed by atoms with Gasteiger partial charge in [-0.3, -0.25) is 9.59 Å². The second-order valence-corrected chi connectivity index (χ2v) is 7.74. The number of amides is 2. The smallest absolute Gasteiger partial charge is 0.290 e. The van der Waals surface area contributed by atoms with E-state index >= 15 is 0 Å². The molecule has 2 amide bonds. The van der Waals surface area contributed by atoms with Gasteiger partial charge in [0.15, 0.2) is 0 Å². The standard InChI is InChI=1S/C19H20BrN3O3/c1-11-10-12(6-7-14(11)20)23-9-8-16(19(23)25)21-18(24)17-13-4-2-3-5-15(13)22-26-17/h6-7,10,16H,2-5,8-9H2,1H3,(H,21,24). The summed E-state index contributed by atoms with van der Waals surface area (Å²) in [7, 11) is 0. The first kappa shape index (κ1) is 17.3. The molecule has 6 nitrogen and oxygen atoms in total. The van der Waals surface area contributed by atoms with Crippen molar-refractivity contribution < 1.29 is 14.1 Å². The maximum atomic E-state index is 12.7. The number of anilines is 1. The van der Waals surface area contributed by atoms with Crippen LogP contribution in [-0.2, 0) is 17.6 Å². The number of hydrogen-bond acceptors (Lipinski definition) is 4. The maximum Gasteiger partial charge on any atom is 0.290 e. The zero-order valence-electron chi connectivity index (χ0n) is 14.5. The van der Waals surface area contributed by atoms with Gasteiger partial charge in [0, 0.05) is 22.3 Å². The lowest BCUT2D eigenvalue weighted by Gasteiger charge is -2.18. The van der Waals surface area contributed by atoms with Crippen molar-refractivity contribution >= 4 is 33.4 Å². The molecule has 26 heavy (non-hydrogen) atoms. The molecule has 2 aliphatic rings. The summed E-state index contributed by atoms with van der Waals surface area (Å²) in [4.78, 5) is 27.1. The van der Waals surface area contributed by atoms with Crippen molar-refractivity contribution in [3.8, 4) is 0 Å². The minimum absolute atomic E-state index is 0.0894. The zero-order chi connectivity index (χ0) is 18.3. The molecule has 1 atom stereocenters. The van der Waals surface area contributed by atoms with Crippen molar-refractivity contribution in [1.29, 1.82) is 0 Å². The number of nitrogens with one attached hydrogen (secondary N) is 1. The number of carbonyl (C=O) groups excluding carboxylic acids is 2. The molecular formula is C19H20BrN3O3. The van der Waals surface area contributed by atoms with Crippen molar-refractivity contribution in [2.75, 3.05) is 11.4 Å². The summed E-state index contributed by atoms with van der Waals surface area (Å²) >= 11 is 3.47. The Bertz CT molecular complexity index is 877. The van der Waals surface area contributed by atoms with Gasteiger partial charge in [-0.2, -0.15) is 0 Å². The quantitative estimate of drug-likeness (QED) is 0.831. The molecule has 1 N–H and O–H groups in total. The van der Waals surface area contributed by atoms with E-state index in [4.69, 9.17) is 4.52 Å². The number of aryl methyl sites for hydroxylation is 2. The Kier molecular flexibility index (Phi) is 4.56. The maximum absolute atomic E-state index is 12.7. The third kappa shape index (κ3) is 3.05. The number of nitrogens with zero attached hydrogens (tertiary/aromatic N) is 2. The molecule has 1 aromatic carbocycles. The Labute approximate surface area is 160 Å². The average molecular weight is 418 g/mol. The van der Waals surface area contributed by atoms with Crippen LogP contribution in [0, 0.1) is 6.92 Å². The molecule has 136 valence electrons. The highest BCUT2D eigenvalue weighted by Gasteiger charge is 2.35. The number of aromatic nitrogens is 1. The summed E-state index contributed by atoms with van der Waals surface area (Å²) < 4.78 is 6.28. The summed E-state index contributed by atoms with van der Waals surface area (Å²) in [6.45, 7) is 2.57. The molecule has 2 heterocycles. The van der Waals surface area contributed by atoms with Crippen LogP contribution in [0.5, 0.6) is 0 Å². The van der Waals surface area contributed by atoms with Crippen molar-refractivity contribution in [2.45, 2.75) is 45.1 Å². The van der Waals surface area contributed by atoms with Crippen LogP contribution in [0.15, 0.2) is 27.2 Å². The number of hydrogen-bond donors (Lipinski definition) is 1. The summed E-state index contributed by atoms with van der Waals surface area (Å²) in [5.74, 6) is -0.160. The van der Waals surface area contributed by atoms with E-state index in [0.29, 0.717) is 13.0 Å². The second kappa shape index (κ2) is 6.87. The van der Waals surface area contributed by atoms with Gasteiger partial charge in [0.05, 0.1) is 5.69 Å². The first-order chi connectivity index (χ1) is 12.5. The molecule has 1 fully saturated rings. The van der Waals surface area contributed by atoms with Gasteiger partial charge < -0.3 is 14.7 Å². The molecule has 1 aromatic heterocycles. The molecule has 0 saturated carbocycles. The molecule has 1 aliphatic carbocycles. The van der Waals surface area contributed by atoms with Gasteiger partial charge in [0.1, 0.15) is 6.04 Å². The van der Waals surface area contributed by atoms with E-state index in [9.17, 15) is 9.59 Å². The summed E-state index contributed by atoms with van der Waals surface area (Å²) in [6.07, 6.45) is 4.35. The lowest BCUT2D eigenvalue weighted by Crippen LogP contribution is -2.41. The SMILES string of the molecule is Cc1cc(N2CCC(NC(=O)c3onc4c3CCCC4)C2=O)ccc1Br. The van der Waals surface area contributed by atoms with Gasteiger partial charge in [0.25, 0.3) is 5.91 Å².